The Morgan fingerprint density at radius 1 is 1.21 bits per heavy atom. The number of halogens is 1. The lowest BCUT2D eigenvalue weighted by Gasteiger charge is -2.11. The van der Waals surface area contributed by atoms with Gasteiger partial charge in [-0.15, -0.1) is 0 Å². The van der Waals surface area contributed by atoms with Gasteiger partial charge >= 0.3 is 0 Å². The molecule has 126 valence electrons. The highest BCUT2D eigenvalue weighted by Gasteiger charge is 2.09. The average molecular weight is 329 g/mol. The average Bonchev–Trinajstić information content (AvgIpc) is 2.60. The predicted octanol–water partition coefficient (Wildman–Crippen LogP) is 3.56. The van der Waals surface area contributed by atoms with Gasteiger partial charge in [0.25, 0.3) is 5.91 Å². The Bertz CT molecular complexity index is 728. The summed E-state index contributed by atoms with van der Waals surface area (Å²) in [6.45, 7) is 1.87. The van der Waals surface area contributed by atoms with Crippen LogP contribution in [0.5, 0.6) is 11.5 Å². The zero-order valence-electron chi connectivity index (χ0n) is 13.7. The highest BCUT2D eigenvalue weighted by molar-refractivity contribution is 5.77. The van der Waals surface area contributed by atoms with Crippen LogP contribution in [0.2, 0.25) is 0 Å². The van der Waals surface area contributed by atoms with Gasteiger partial charge < -0.3 is 14.8 Å². The molecule has 1 N–H and O–H groups in total. The van der Waals surface area contributed by atoms with Gasteiger partial charge in [-0.3, -0.25) is 4.79 Å². The first-order valence-corrected chi connectivity index (χ1v) is 7.57. The summed E-state index contributed by atoms with van der Waals surface area (Å²) in [6.07, 6.45) is 3.86. The van der Waals surface area contributed by atoms with E-state index in [0.29, 0.717) is 17.1 Å². The van der Waals surface area contributed by atoms with Gasteiger partial charge in [-0.1, -0.05) is 36.4 Å². The van der Waals surface area contributed by atoms with Crippen LogP contribution in [0.1, 0.15) is 18.1 Å². The zero-order valence-corrected chi connectivity index (χ0v) is 13.7. The standard InChI is InChI=1S/C19H20FNO3/c1-3-6-14-9-10-17(18(11-14)23-2)24-13-19(22)21-12-15-7-4-5-8-16(15)20/h3-11H,12-13H2,1-2H3,(H,21,22)/b6-3+. The van der Waals surface area contributed by atoms with E-state index < -0.39 is 0 Å². The van der Waals surface area contributed by atoms with Crippen LogP contribution in [0.4, 0.5) is 4.39 Å². The second-order valence-electron chi connectivity index (χ2n) is 5.07. The van der Waals surface area contributed by atoms with E-state index in [2.05, 4.69) is 5.32 Å². The molecule has 0 spiro atoms. The third-order valence-corrected chi connectivity index (χ3v) is 3.34. The molecule has 0 aliphatic rings. The fourth-order valence-corrected chi connectivity index (χ4v) is 2.13. The Morgan fingerprint density at radius 3 is 2.71 bits per heavy atom. The van der Waals surface area contributed by atoms with Crippen LogP contribution in [0, 0.1) is 5.82 Å². The van der Waals surface area contributed by atoms with Crippen molar-refractivity contribution in [2.24, 2.45) is 0 Å². The Kier molecular flexibility index (Phi) is 6.37. The van der Waals surface area contributed by atoms with Crippen molar-refractivity contribution in [1.29, 1.82) is 0 Å². The smallest absolute Gasteiger partial charge is 0.258 e. The lowest BCUT2D eigenvalue weighted by atomic mass is 10.2. The van der Waals surface area contributed by atoms with Crippen LogP contribution in [-0.4, -0.2) is 19.6 Å². The summed E-state index contributed by atoms with van der Waals surface area (Å²) in [5.74, 6) is 0.345. The van der Waals surface area contributed by atoms with Crippen molar-refractivity contribution in [1.82, 2.24) is 5.32 Å². The summed E-state index contributed by atoms with van der Waals surface area (Å²) in [5.41, 5.74) is 1.41. The lowest BCUT2D eigenvalue weighted by molar-refractivity contribution is -0.123. The molecule has 2 aromatic rings. The van der Waals surface area contributed by atoms with E-state index in [1.54, 1.807) is 31.4 Å². The molecule has 0 saturated heterocycles. The van der Waals surface area contributed by atoms with E-state index in [9.17, 15) is 9.18 Å². The summed E-state index contributed by atoms with van der Waals surface area (Å²) in [5, 5.41) is 2.62. The van der Waals surface area contributed by atoms with Crippen molar-refractivity contribution < 1.29 is 18.7 Å². The van der Waals surface area contributed by atoms with Crippen LogP contribution >= 0.6 is 0 Å². The number of nitrogens with one attached hydrogen (secondary N) is 1. The Morgan fingerprint density at radius 2 is 2.00 bits per heavy atom. The molecule has 0 atom stereocenters. The van der Waals surface area contributed by atoms with Gasteiger partial charge in [0, 0.05) is 12.1 Å². The minimum atomic E-state index is -0.347. The number of hydrogen-bond donors (Lipinski definition) is 1. The number of rotatable bonds is 7. The predicted molar refractivity (Wildman–Crippen MR) is 91.4 cm³/mol. The van der Waals surface area contributed by atoms with Gasteiger partial charge in [0.2, 0.25) is 0 Å². The maximum Gasteiger partial charge on any atom is 0.258 e. The SMILES string of the molecule is C/C=C/c1ccc(OCC(=O)NCc2ccccc2F)c(OC)c1. The number of benzene rings is 2. The Balaban J connectivity index is 1.90. The molecular weight excluding hydrogens is 309 g/mol. The van der Waals surface area contributed by atoms with E-state index in [1.165, 1.54) is 6.07 Å². The summed E-state index contributed by atoms with van der Waals surface area (Å²) < 4.78 is 24.2. The summed E-state index contributed by atoms with van der Waals surface area (Å²) in [7, 11) is 1.54. The molecule has 0 aromatic heterocycles. The van der Waals surface area contributed by atoms with E-state index in [0.717, 1.165) is 5.56 Å². The first kappa shape index (κ1) is 17.5. The van der Waals surface area contributed by atoms with Gasteiger partial charge in [0.05, 0.1) is 7.11 Å². The van der Waals surface area contributed by atoms with Crippen LogP contribution in [0.15, 0.2) is 48.5 Å². The fourth-order valence-electron chi connectivity index (χ4n) is 2.13. The van der Waals surface area contributed by atoms with Crippen molar-refractivity contribution >= 4 is 12.0 Å². The molecule has 0 aliphatic carbocycles. The largest absolute Gasteiger partial charge is 0.493 e. The van der Waals surface area contributed by atoms with E-state index in [-0.39, 0.29) is 24.9 Å². The molecule has 0 radical (unpaired) electrons. The monoisotopic (exact) mass is 329 g/mol. The maximum atomic E-state index is 13.5. The molecule has 1 amide bonds. The third kappa shape index (κ3) is 4.84. The number of hydrogen-bond acceptors (Lipinski definition) is 3. The van der Waals surface area contributed by atoms with Gasteiger partial charge in [-0.2, -0.15) is 0 Å². The number of carbonyl (C=O) groups is 1. The second-order valence-corrected chi connectivity index (χ2v) is 5.07. The zero-order chi connectivity index (χ0) is 17.4. The second kappa shape index (κ2) is 8.72. The van der Waals surface area contributed by atoms with Crippen LogP contribution < -0.4 is 14.8 Å². The van der Waals surface area contributed by atoms with Crippen molar-refractivity contribution in [2.45, 2.75) is 13.5 Å². The van der Waals surface area contributed by atoms with Gasteiger partial charge in [0.15, 0.2) is 18.1 Å². The molecule has 4 nitrogen and oxygen atoms in total. The Labute approximate surface area is 140 Å². The van der Waals surface area contributed by atoms with Crippen molar-refractivity contribution in [3.8, 4) is 11.5 Å². The first-order valence-electron chi connectivity index (χ1n) is 7.57. The minimum absolute atomic E-state index is 0.117. The third-order valence-electron chi connectivity index (χ3n) is 3.34. The molecule has 5 heteroatoms. The molecule has 0 unspecified atom stereocenters. The number of allylic oxidation sites excluding steroid dienone is 1. The van der Waals surface area contributed by atoms with Crippen molar-refractivity contribution in [3.63, 3.8) is 0 Å². The molecule has 0 fully saturated rings. The van der Waals surface area contributed by atoms with Gasteiger partial charge in [-0.25, -0.2) is 4.39 Å². The summed E-state index contributed by atoms with van der Waals surface area (Å²) in [4.78, 5) is 11.9. The van der Waals surface area contributed by atoms with Crippen molar-refractivity contribution in [2.75, 3.05) is 13.7 Å². The summed E-state index contributed by atoms with van der Waals surface area (Å²) >= 11 is 0. The first-order chi connectivity index (χ1) is 11.6. The quantitative estimate of drug-likeness (QED) is 0.845. The molecule has 2 rings (SSSR count). The van der Waals surface area contributed by atoms with Crippen molar-refractivity contribution in [3.05, 3.63) is 65.5 Å². The lowest BCUT2D eigenvalue weighted by Crippen LogP contribution is -2.28. The maximum absolute atomic E-state index is 13.5. The number of amides is 1. The normalized spacial score (nSPS) is 10.6. The molecule has 0 saturated carbocycles. The highest BCUT2D eigenvalue weighted by atomic mass is 19.1. The topological polar surface area (TPSA) is 47.6 Å². The van der Waals surface area contributed by atoms with Gasteiger partial charge in [0.1, 0.15) is 5.82 Å². The molecular formula is C19H20FNO3. The molecule has 24 heavy (non-hydrogen) atoms. The van der Waals surface area contributed by atoms with Crippen LogP contribution in [0.3, 0.4) is 0 Å². The van der Waals surface area contributed by atoms with Crippen LogP contribution in [0.25, 0.3) is 6.08 Å². The van der Waals surface area contributed by atoms with E-state index in [1.807, 2.05) is 31.2 Å². The highest BCUT2D eigenvalue weighted by Crippen LogP contribution is 2.28. The van der Waals surface area contributed by atoms with E-state index in [4.69, 9.17) is 9.47 Å². The Hall–Kier alpha value is -2.82. The number of carbonyl (C=O) groups excluding carboxylic acids is 1. The minimum Gasteiger partial charge on any atom is -0.493 e. The summed E-state index contributed by atoms with van der Waals surface area (Å²) in [6, 6.07) is 11.8. The fraction of sp³-hybridized carbons (Fsp3) is 0.211. The molecule has 0 heterocycles. The molecule has 2 aromatic carbocycles. The van der Waals surface area contributed by atoms with Gasteiger partial charge in [-0.05, 0) is 30.7 Å². The molecule has 0 aliphatic heterocycles. The van der Waals surface area contributed by atoms with Crippen LogP contribution in [-0.2, 0) is 11.3 Å². The number of methoxy groups -OCH3 is 1. The number of ether oxygens (including phenoxy) is 2. The van der Waals surface area contributed by atoms with E-state index >= 15 is 0 Å². The molecule has 0 bridgehead atoms.